The molecule has 3 saturated heterocycles. The van der Waals surface area contributed by atoms with Crippen molar-refractivity contribution in [3.63, 3.8) is 0 Å². The van der Waals surface area contributed by atoms with Crippen LogP contribution in [-0.4, -0.2) is 55.0 Å². The predicted octanol–water partition coefficient (Wildman–Crippen LogP) is 3.45. The zero-order chi connectivity index (χ0) is 21.0. The first-order chi connectivity index (χ1) is 15.3. The van der Waals surface area contributed by atoms with Gasteiger partial charge in [0.1, 0.15) is 0 Å². The van der Waals surface area contributed by atoms with E-state index >= 15 is 0 Å². The molecular weight excluding hydrogens is 384 g/mol. The normalized spacial score (nSPS) is 25.2. The molecule has 2 aromatic carbocycles. The summed E-state index contributed by atoms with van der Waals surface area (Å²) in [6.45, 7) is 6.10. The lowest BCUT2D eigenvalue weighted by atomic mass is 9.91. The Bertz CT molecular complexity index is 855. The van der Waals surface area contributed by atoms with Crippen LogP contribution < -0.4 is 10.9 Å². The number of nitrogens with one attached hydrogen (secondary N) is 2. The highest BCUT2D eigenvalue weighted by Crippen LogP contribution is 2.30. The number of carbonyl (C=O) groups is 1. The second-order valence-electron chi connectivity index (χ2n) is 9.36. The molecular formula is C26H34N4O. The fourth-order valence-corrected chi connectivity index (χ4v) is 5.46. The molecule has 3 heterocycles. The molecule has 31 heavy (non-hydrogen) atoms. The van der Waals surface area contributed by atoms with Crippen LogP contribution in [0.2, 0.25) is 0 Å². The molecule has 0 radical (unpaired) electrons. The Balaban J connectivity index is 1.16. The lowest BCUT2D eigenvalue weighted by Gasteiger charge is -2.35. The summed E-state index contributed by atoms with van der Waals surface area (Å²) in [4.78, 5) is 17.4. The Kier molecular flexibility index (Phi) is 6.35. The van der Waals surface area contributed by atoms with E-state index in [4.69, 9.17) is 0 Å². The first kappa shape index (κ1) is 20.7. The third-order valence-electron chi connectivity index (χ3n) is 7.32. The minimum absolute atomic E-state index is 0.246. The van der Waals surface area contributed by atoms with Gasteiger partial charge in [0.05, 0.1) is 6.04 Å². The smallest absolute Gasteiger partial charge is 0.225 e. The van der Waals surface area contributed by atoms with Crippen molar-refractivity contribution in [1.82, 2.24) is 20.7 Å². The summed E-state index contributed by atoms with van der Waals surface area (Å²) in [5.41, 5.74) is 10.7. The minimum atomic E-state index is 0.246. The summed E-state index contributed by atoms with van der Waals surface area (Å²) in [6, 6.07) is 19.9. The molecule has 3 aliphatic rings. The first-order valence-corrected chi connectivity index (χ1v) is 11.9. The van der Waals surface area contributed by atoms with Crippen LogP contribution in [0.15, 0.2) is 54.6 Å². The van der Waals surface area contributed by atoms with E-state index in [2.05, 4.69) is 75.2 Å². The van der Waals surface area contributed by atoms with Crippen LogP contribution in [0.25, 0.3) is 11.1 Å². The van der Waals surface area contributed by atoms with Crippen LogP contribution in [0.5, 0.6) is 0 Å². The van der Waals surface area contributed by atoms with Gasteiger partial charge in [-0.05, 0) is 55.5 Å². The molecule has 0 spiro atoms. The highest BCUT2D eigenvalue weighted by Gasteiger charge is 2.33. The van der Waals surface area contributed by atoms with E-state index in [0.29, 0.717) is 17.9 Å². The highest BCUT2D eigenvalue weighted by molar-refractivity contribution is 5.79. The van der Waals surface area contributed by atoms with Gasteiger partial charge >= 0.3 is 0 Å². The number of nitrogens with zero attached hydrogens (tertiary/aromatic N) is 2. The van der Waals surface area contributed by atoms with Crippen molar-refractivity contribution in [2.45, 2.75) is 31.7 Å². The van der Waals surface area contributed by atoms with Crippen LogP contribution in [0.3, 0.4) is 0 Å². The second kappa shape index (κ2) is 9.51. The van der Waals surface area contributed by atoms with Crippen LogP contribution in [0, 0.1) is 11.8 Å². The summed E-state index contributed by atoms with van der Waals surface area (Å²) in [5.74, 6) is 1.20. The molecule has 5 nitrogen and oxygen atoms in total. The van der Waals surface area contributed by atoms with E-state index in [9.17, 15) is 4.79 Å². The molecule has 0 bridgehead atoms. The Morgan fingerprint density at radius 1 is 0.871 bits per heavy atom. The van der Waals surface area contributed by atoms with Gasteiger partial charge in [0.15, 0.2) is 0 Å². The van der Waals surface area contributed by atoms with Crippen molar-refractivity contribution in [2.24, 2.45) is 11.8 Å². The number of amides is 1. The molecule has 2 aromatic rings. The van der Waals surface area contributed by atoms with Crippen molar-refractivity contribution in [3.05, 3.63) is 60.2 Å². The van der Waals surface area contributed by atoms with E-state index < -0.39 is 0 Å². The number of likely N-dealkylation sites (tertiary alicyclic amines) is 2. The fraction of sp³-hybridized carbons (Fsp3) is 0.500. The molecule has 1 amide bonds. The van der Waals surface area contributed by atoms with E-state index in [1.54, 1.807) is 0 Å². The molecule has 2 unspecified atom stereocenters. The third kappa shape index (κ3) is 4.69. The van der Waals surface area contributed by atoms with Gasteiger partial charge in [-0.3, -0.25) is 10.2 Å². The van der Waals surface area contributed by atoms with Crippen LogP contribution in [0.1, 0.15) is 37.3 Å². The number of hydrazine groups is 1. The Morgan fingerprint density at radius 3 is 2.26 bits per heavy atom. The van der Waals surface area contributed by atoms with Gasteiger partial charge < -0.3 is 9.80 Å². The van der Waals surface area contributed by atoms with E-state index in [1.807, 2.05) is 0 Å². The van der Waals surface area contributed by atoms with Gasteiger partial charge in [0, 0.05) is 38.0 Å². The van der Waals surface area contributed by atoms with Crippen molar-refractivity contribution < 1.29 is 4.79 Å². The zero-order valence-corrected chi connectivity index (χ0v) is 18.3. The number of benzene rings is 2. The van der Waals surface area contributed by atoms with E-state index in [1.165, 1.54) is 29.5 Å². The highest BCUT2D eigenvalue weighted by atomic mass is 16.2. The van der Waals surface area contributed by atoms with Gasteiger partial charge in [-0.15, -0.1) is 0 Å². The van der Waals surface area contributed by atoms with Crippen LogP contribution in [0.4, 0.5) is 0 Å². The summed E-state index contributed by atoms with van der Waals surface area (Å²) in [5, 5.41) is 0. The van der Waals surface area contributed by atoms with E-state index in [0.717, 1.165) is 52.1 Å². The van der Waals surface area contributed by atoms with E-state index in [-0.39, 0.29) is 5.92 Å². The zero-order valence-electron chi connectivity index (χ0n) is 18.3. The van der Waals surface area contributed by atoms with Crippen molar-refractivity contribution in [1.29, 1.82) is 0 Å². The van der Waals surface area contributed by atoms with Gasteiger partial charge in [-0.1, -0.05) is 54.6 Å². The number of rotatable bonds is 5. The number of hydrogen-bond acceptors (Lipinski definition) is 4. The first-order valence-electron chi connectivity index (χ1n) is 11.9. The number of hydrogen-bond donors (Lipinski definition) is 2. The molecule has 5 rings (SSSR count). The van der Waals surface area contributed by atoms with Crippen molar-refractivity contribution in [3.8, 4) is 11.1 Å². The lowest BCUT2D eigenvalue weighted by molar-refractivity contribution is -0.136. The summed E-state index contributed by atoms with van der Waals surface area (Å²) in [7, 11) is 0. The molecule has 2 atom stereocenters. The maximum absolute atomic E-state index is 12.7. The molecule has 2 N–H and O–H groups in total. The number of piperidine rings is 1. The second-order valence-corrected chi connectivity index (χ2v) is 9.36. The standard InChI is InChI=1S/C26H34N4O/c31-26(30-14-4-5-15-30)23-12-16-29(17-13-23)19-24-18-27-28-25(24)22-10-8-21(9-11-22)20-6-2-1-3-7-20/h1-3,6-11,23-25,27-28H,4-5,12-19H2. The molecule has 5 heteroatoms. The lowest BCUT2D eigenvalue weighted by Crippen LogP contribution is -2.43. The third-order valence-corrected chi connectivity index (χ3v) is 7.32. The van der Waals surface area contributed by atoms with Gasteiger partial charge in [0.25, 0.3) is 0 Å². The van der Waals surface area contributed by atoms with Gasteiger partial charge in [0.2, 0.25) is 5.91 Å². The SMILES string of the molecule is O=C(C1CCN(CC2CNNC2c2ccc(-c3ccccc3)cc2)CC1)N1CCCC1. The maximum atomic E-state index is 12.7. The Labute approximate surface area is 185 Å². The van der Waals surface area contributed by atoms with Gasteiger partial charge in [-0.25, -0.2) is 5.43 Å². The van der Waals surface area contributed by atoms with Crippen LogP contribution in [-0.2, 0) is 4.79 Å². The predicted molar refractivity (Wildman–Crippen MR) is 124 cm³/mol. The maximum Gasteiger partial charge on any atom is 0.225 e. The van der Waals surface area contributed by atoms with Gasteiger partial charge in [-0.2, -0.15) is 0 Å². The van der Waals surface area contributed by atoms with Crippen LogP contribution >= 0.6 is 0 Å². The topological polar surface area (TPSA) is 47.6 Å². The monoisotopic (exact) mass is 418 g/mol. The number of carbonyl (C=O) groups excluding carboxylic acids is 1. The average molecular weight is 419 g/mol. The molecule has 3 aliphatic heterocycles. The summed E-state index contributed by atoms with van der Waals surface area (Å²) < 4.78 is 0. The fourth-order valence-electron chi connectivity index (χ4n) is 5.46. The van der Waals surface area contributed by atoms with Crippen molar-refractivity contribution >= 4 is 5.91 Å². The molecule has 164 valence electrons. The summed E-state index contributed by atoms with van der Waals surface area (Å²) >= 11 is 0. The average Bonchev–Trinajstić information content (AvgIpc) is 3.53. The molecule has 0 saturated carbocycles. The Hall–Kier alpha value is -2.21. The quantitative estimate of drug-likeness (QED) is 0.781. The molecule has 0 aromatic heterocycles. The molecule has 3 fully saturated rings. The molecule has 0 aliphatic carbocycles. The minimum Gasteiger partial charge on any atom is -0.342 e. The largest absolute Gasteiger partial charge is 0.342 e. The summed E-state index contributed by atoms with van der Waals surface area (Å²) in [6.07, 6.45) is 4.39. The Morgan fingerprint density at radius 2 is 1.55 bits per heavy atom. The van der Waals surface area contributed by atoms with Crippen molar-refractivity contribution in [2.75, 3.05) is 39.3 Å².